The SMILES string of the molecule is Cc1ccc(C)c(-c2ccc(N(C=O)Cc3cccnc3)c(NCCc3ccccn3)n2)c1. The molecule has 6 nitrogen and oxygen atoms in total. The van der Waals surface area contributed by atoms with E-state index in [4.69, 9.17) is 4.98 Å². The Hall–Kier alpha value is -4.06. The zero-order valence-corrected chi connectivity index (χ0v) is 18.9. The number of aromatic nitrogens is 3. The summed E-state index contributed by atoms with van der Waals surface area (Å²) in [5.41, 5.74) is 6.96. The van der Waals surface area contributed by atoms with Crippen LogP contribution >= 0.6 is 0 Å². The Balaban J connectivity index is 1.66. The molecule has 0 spiro atoms. The summed E-state index contributed by atoms with van der Waals surface area (Å²) in [5, 5.41) is 3.44. The predicted octanol–water partition coefficient (Wildman–Crippen LogP) is 4.97. The third-order valence-corrected chi connectivity index (χ3v) is 5.46. The molecule has 0 bridgehead atoms. The van der Waals surface area contributed by atoms with E-state index >= 15 is 0 Å². The molecule has 0 aliphatic rings. The molecule has 0 aliphatic heterocycles. The molecule has 166 valence electrons. The molecule has 1 amide bonds. The second-order valence-corrected chi connectivity index (χ2v) is 7.98. The molecule has 0 fully saturated rings. The lowest BCUT2D eigenvalue weighted by Gasteiger charge is -2.22. The van der Waals surface area contributed by atoms with Crippen molar-refractivity contribution in [3.8, 4) is 11.3 Å². The number of carbonyl (C=O) groups excluding carboxylic acids is 1. The molecule has 0 saturated heterocycles. The number of hydrogen-bond donors (Lipinski definition) is 1. The number of nitrogens with zero attached hydrogens (tertiary/aromatic N) is 4. The fourth-order valence-corrected chi connectivity index (χ4v) is 3.70. The summed E-state index contributed by atoms with van der Waals surface area (Å²) >= 11 is 0. The number of rotatable bonds is 9. The van der Waals surface area contributed by atoms with E-state index in [0.717, 1.165) is 46.6 Å². The predicted molar refractivity (Wildman–Crippen MR) is 132 cm³/mol. The summed E-state index contributed by atoms with van der Waals surface area (Å²) in [5.74, 6) is 0.667. The van der Waals surface area contributed by atoms with Gasteiger partial charge in [0.1, 0.15) is 0 Å². The van der Waals surface area contributed by atoms with E-state index in [0.29, 0.717) is 18.9 Å². The highest BCUT2D eigenvalue weighted by atomic mass is 16.1. The molecule has 33 heavy (non-hydrogen) atoms. The van der Waals surface area contributed by atoms with Gasteiger partial charge in [0, 0.05) is 42.8 Å². The molecular formula is C27H27N5O. The maximum absolute atomic E-state index is 12.1. The van der Waals surface area contributed by atoms with Gasteiger partial charge in [0.05, 0.1) is 17.9 Å². The summed E-state index contributed by atoms with van der Waals surface area (Å²) < 4.78 is 0. The van der Waals surface area contributed by atoms with E-state index in [9.17, 15) is 4.79 Å². The first-order valence-electron chi connectivity index (χ1n) is 11.0. The average molecular weight is 438 g/mol. The lowest BCUT2D eigenvalue weighted by molar-refractivity contribution is -0.107. The summed E-state index contributed by atoms with van der Waals surface area (Å²) in [4.78, 5) is 27.2. The van der Waals surface area contributed by atoms with Crippen molar-refractivity contribution < 1.29 is 4.79 Å². The average Bonchev–Trinajstić information content (AvgIpc) is 2.85. The van der Waals surface area contributed by atoms with Crippen LogP contribution in [0.2, 0.25) is 0 Å². The minimum Gasteiger partial charge on any atom is -0.368 e. The van der Waals surface area contributed by atoms with Crippen LogP contribution in [0.5, 0.6) is 0 Å². The van der Waals surface area contributed by atoms with E-state index in [2.05, 4.69) is 47.3 Å². The number of aryl methyl sites for hydroxylation is 2. The first kappa shape index (κ1) is 22.1. The number of benzene rings is 1. The van der Waals surface area contributed by atoms with Crippen molar-refractivity contribution in [1.29, 1.82) is 0 Å². The van der Waals surface area contributed by atoms with Gasteiger partial charge in [0.25, 0.3) is 0 Å². The Morgan fingerprint density at radius 3 is 2.67 bits per heavy atom. The van der Waals surface area contributed by atoms with Crippen LogP contribution in [0.25, 0.3) is 11.3 Å². The molecule has 0 aliphatic carbocycles. The Morgan fingerprint density at radius 1 is 1.00 bits per heavy atom. The number of carbonyl (C=O) groups is 1. The summed E-state index contributed by atoms with van der Waals surface area (Å²) in [6.07, 6.45) is 6.87. The normalized spacial score (nSPS) is 10.6. The molecule has 1 aromatic carbocycles. The molecule has 3 aromatic heterocycles. The van der Waals surface area contributed by atoms with Crippen molar-refractivity contribution in [3.05, 3.63) is 102 Å². The van der Waals surface area contributed by atoms with Crippen molar-refractivity contribution in [2.75, 3.05) is 16.8 Å². The van der Waals surface area contributed by atoms with Gasteiger partial charge in [-0.2, -0.15) is 0 Å². The van der Waals surface area contributed by atoms with Crippen LogP contribution in [0.1, 0.15) is 22.4 Å². The van der Waals surface area contributed by atoms with Crippen LogP contribution in [0, 0.1) is 13.8 Å². The summed E-state index contributed by atoms with van der Waals surface area (Å²) in [6, 6.07) is 20.0. The molecular weight excluding hydrogens is 410 g/mol. The molecule has 0 saturated carbocycles. The number of pyridine rings is 3. The first-order chi connectivity index (χ1) is 16.1. The van der Waals surface area contributed by atoms with Crippen molar-refractivity contribution in [2.45, 2.75) is 26.8 Å². The van der Waals surface area contributed by atoms with Gasteiger partial charge < -0.3 is 10.2 Å². The van der Waals surface area contributed by atoms with Gasteiger partial charge in [0.15, 0.2) is 5.82 Å². The molecule has 3 heterocycles. The first-order valence-corrected chi connectivity index (χ1v) is 11.0. The van der Waals surface area contributed by atoms with E-state index in [1.807, 2.05) is 42.5 Å². The lowest BCUT2D eigenvalue weighted by Crippen LogP contribution is -2.23. The molecule has 4 aromatic rings. The number of amides is 1. The van der Waals surface area contributed by atoms with E-state index in [-0.39, 0.29) is 0 Å². The molecule has 6 heteroatoms. The zero-order chi connectivity index (χ0) is 23.0. The van der Waals surface area contributed by atoms with Gasteiger partial charge in [-0.1, -0.05) is 29.8 Å². The highest BCUT2D eigenvalue weighted by molar-refractivity contribution is 5.83. The highest BCUT2D eigenvalue weighted by Gasteiger charge is 2.15. The Morgan fingerprint density at radius 2 is 1.91 bits per heavy atom. The molecule has 0 radical (unpaired) electrons. The fraction of sp³-hybridized carbons (Fsp3) is 0.185. The monoisotopic (exact) mass is 437 g/mol. The maximum Gasteiger partial charge on any atom is 0.214 e. The van der Waals surface area contributed by atoms with Crippen LogP contribution in [-0.4, -0.2) is 27.9 Å². The van der Waals surface area contributed by atoms with E-state index in [1.54, 1.807) is 23.5 Å². The van der Waals surface area contributed by atoms with Gasteiger partial charge in [-0.15, -0.1) is 0 Å². The molecule has 0 atom stereocenters. The smallest absolute Gasteiger partial charge is 0.214 e. The Labute approximate surface area is 194 Å². The molecule has 0 unspecified atom stereocenters. The minimum atomic E-state index is 0.413. The van der Waals surface area contributed by atoms with Crippen LogP contribution in [0.4, 0.5) is 11.5 Å². The number of hydrogen-bond acceptors (Lipinski definition) is 5. The Kier molecular flexibility index (Phi) is 7.05. The van der Waals surface area contributed by atoms with Gasteiger partial charge in [-0.25, -0.2) is 4.98 Å². The van der Waals surface area contributed by atoms with Crippen molar-refractivity contribution in [3.63, 3.8) is 0 Å². The van der Waals surface area contributed by atoms with Crippen LogP contribution in [0.15, 0.2) is 79.3 Å². The molecule has 1 N–H and O–H groups in total. The van der Waals surface area contributed by atoms with Gasteiger partial charge in [0.2, 0.25) is 6.41 Å². The van der Waals surface area contributed by atoms with Crippen LogP contribution in [0.3, 0.4) is 0 Å². The third kappa shape index (κ3) is 5.60. The Bertz CT molecular complexity index is 1210. The van der Waals surface area contributed by atoms with Gasteiger partial charge in [-0.05, 0) is 61.4 Å². The zero-order valence-electron chi connectivity index (χ0n) is 18.9. The third-order valence-electron chi connectivity index (χ3n) is 5.46. The minimum absolute atomic E-state index is 0.413. The second-order valence-electron chi connectivity index (χ2n) is 7.98. The fourth-order valence-electron chi connectivity index (χ4n) is 3.70. The van der Waals surface area contributed by atoms with Gasteiger partial charge in [-0.3, -0.25) is 14.8 Å². The maximum atomic E-state index is 12.1. The summed E-state index contributed by atoms with van der Waals surface area (Å²) in [6.45, 7) is 5.22. The van der Waals surface area contributed by atoms with Crippen molar-refractivity contribution in [2.24, 2.45) is 0 Å². The van der Waals surface area contributed by atoms with Crippen LogP contribution in [-0.2, 0) is 17.8 Å². The topological polar surface area (TPSA) is 71.0 Å². The number of anilines is 2. The van der Waals surface area contributed by atoms with Crippen molar-refractivity contribution >= 4 is 17.9 Å². The number of nitrogens with one attached hydrogen (secondary N) is 1. The van der Waals surface area contributed by atoms with Gasteiger partial charge >= 0.3 is 0 Å². The highest BCUT2D eigenvalue weighted by Crippen LogP contribution is 2.30. The second kappa shape index (κ2) is 10.5. The standard InChI is InChI=1S/C27H27N5O/c1-20-8-9-21(2)24(16-20)25-10-11-26(32(19-33)18-22-6-5-13-28-17-22)27(31-25)30-15-12-23-7-3-4-14-29-23/h3-11,13-14,16-17,19H,12,15,18H2,1-2H3,(H,30,31). The quantitative estimate of drug-likeness (QED) is 0.374. The lowest BCUT2D eigenvalue weighted by atomic mass is 10.0. The van der Waals surface area contributed by atoms with Crippen LogP contribution < -0.4 is 10.2 Å². The largest absolute Gasteiger partial charge is 0.368 e. The molecule has 4 rings (SSSR count). The van der Waals surface area contributed by atoms with E-state index < -0.39 is 0 Å². The summed E-state index contributed by atoms with van der Waals surface area (Å²) in [7, 11) is 0. The van der Waals surface area contributed by atoms with Crippen molar-refractivity contribution in [1.82, 2.24) is 15.0 Å². The van der Waals surface area contributed by atoms with E-state index in [1.165, 1.54) is 5.56 Å².